The summed E-state index contributed by atoms with van der Waals surface area (Å²) in [7, 11) is 0. The molecule has 11 nitrogen and oxygen atoms in total. The van der Waals surface area contributed by atoms with Crippen LogP contribution >= 0.6 is 34.9 Å². The molecule has 14 heteroatoms. The molecule has 0 radical (unpaired) electrons. The number of β-lactam (4-membered cyclic amide) rings is 1. The molecule has 2 aliphatic rings. The van der Waals surface area contributed by atoms with Crippen molar-refractivity contribution in [2.24, 2.45) is 0 Å². The summed E-state index contributed by atoms with van der Waals surface area (Å²) < 4.78 is 2.34. The zero-order valence-corrected chi connectivity index (χ0v) is 21.4. The summed E-state index contributed by atoms with van der Waals surface area (Å²) in [5.41, 5.74) is -0.995. The van der Waals surface area contributed by atoms with Crippen molar-refractivity contribution in [3.05, 3.63) is 54.4 Å². The molecule has 186 valence electrons. The van der Waals surface area contributed by atoms with Crippen molar-refractivity contribution in [2.45, 2.75) is 49.9 Å². The van der Waals surface area contributed by atoms with Crippen LogP contribution < -0.4 is 16.4 Å². The zero-order valence-electron chi connectivity index (χ0n) is 18.9. The highest BCUT2D eigenvalue weighted by atomic mass is 32.2. The topological polar surface area (TPSA) is 144 Å². The van der Waals surface area contributed by atoms with Gasteiger partial charge in [-0.05, 0) is 30.9 Å². The van der Waals surface area contributed by atoms with Crippen LogP contribution in [-0.4, -0.2) is 65.1 Å². The molecule has 2 aromatic heterocycles. The Morgan fingerprint density at radius 1 is 1.23 bits per heavy atom. The summed E-state index contributed by atoms with van der Waals surface area (Å²) in [5.74, 6) is -1.48. The Balaban J connectivity index is 1.51. The Hall–Kier alpha value is -2.84. The minimum Gasteiger partial charge on any atom is -0.477 e. The van der Waals surface area contributed by atoms with E-state index in [4.69, 9.17) is 0 Å². The smallest absolute Gasteiger partial charge is 0.352 e. The number of hydrogen-bond acceptors (Lipinski definition) is 9. The van der Waals surface area contributed by atoms with Gasteiger partial charge < -0.3 is 10.4 Å². The number of aliphatic carboxylic acids is 1. The van der Waals surface area contributed by atoms with Crippen LogP contribution in [-0.2, 0) is 33.9 Å². The van der Waals surface area contributed by atoms with Crippen molar-refractivity contribution in [3.63, 3.8) is 0 Å². The van der Waals surface area contributed by atoms with Crippen LogP contribution in [0.5, 0.6) is 0 Å². The fourth-order valence-corrected chi connectivity index (χ4v) is 7.10. The SMILES string of the molecule is CCn1nc(SCC2=C(C(=O)O)N3C(=O)[C@@H](NC(=O)Cc4cccs4)[C@H]3SC2)n(CC)c(=O)c1=O. The highest BCUT2D eigenvalue weighted by Crippen LogP contribution is 2.41. The highest BCUT2D eigenvalue weighted by molar-refractivity contribution is 8.01. The van der Waals surface area contributed by atoms with Crippen LogP contribution in [0, 0.1) is 0 Å². The Morgan fingerprint density at radius 2 is 2.00 bits per heavy atom. The summed E-state index contributed by atoms with van der Waals surface area (Å²) in [5, 5.41) is 18.5. The lowest BCUT2D eigenvalue weighted by atomic mass is 10.0. The zero-order chi connectivity index (χ0) is 25.3. The molecule has 1 saturated heterocycles. The number of nitrogens with zero attached hydrogens (tertiary/aromatic N) is 4. The first-order valence-corrected chi connectivity index (χ1v) is 13.7. The largest absolute Gasteiger partial charge is 0.477 e. The van der Waals surface area contributed by atoms with E-state index in [0.29, 0.717) is 16.5 Å². The second-order valence-corrected chi connectivity index (χ2v) is 10.8. The first kappa shape index (κ1) is 25.3. The molecular weight excluding hydrogens is 514 g/mol. The van der Waals surface area contributed by atoms with Crippen LogP contribution in [0.3, 0.4) is 0 Å². The summed E-state index contributed by atoms with van der Waals surface area (Å²) in [4.78, 5) is 63.9. The average Bonchev–Trinajstić information content (AvgIpc) is 3.35. The molecule has 2 aromatic rings. The van der Waals surface area contributed by atoms with E-state index in [2.05, 4.69) is 10.4 Å². The van der Waals surface area contributed by atoms with E-state index >= 15 is 0 Å². The molecule has 4 heterocycles. The fourth-order valence-electron chi connectivity index (χ4n) is 3.86. The lowest BCUT2D eigenvalue weighted by Crippen LogP contribution is -2.70. The average molecular weight is 538 g/mol. The van der Waals surface area contributed by atoms with Crippen LogP contribution in [0.25, 0.3) is 0 Å². The van der Waals surface area contributed by atoms with E-state index in [1.807, 2.05) is 17.5 Å². The van der Waals surface area contributed by atoms with Gasteiger partial charge in [-0.25, -0.2) is 9.48 Å². The van der Waals surface area contributed by atoms with Crippen molar-refractivity contribution in [1.82, 2.24) is 24.6 Å². The number of thiophene rings is 1. The molecule has 0 spiro atoms. The Morgan fingerprint density at radius 3 is 2.63 bits per heavy atom. The molecule has 1 fully saturated rings. The third-order valence-electron chi connectivity index (χ3n) is 5.57. The molecule has 2 atom stereocenters. The first-order chi connectivity index (χ1) is 16.8. The number of carbonyl (C=O) groups excluding carboxylic acids is 2. The van der Waals surface area contributed by atoms with Gasteiger partial charge in [0.25, 0.3) is 5.91 Å². The van der Waals surface area contributed by atoms with Crippen molar-refractivity contribution in [2.75, 3.05) is 11.5 Å². The van der Waals surface area contributed by atoms with Gasteiger partial charge in [0.05, 0.1) is 6.42 Å². The molecule has 4 rings (SSSR count). The second kappa shape index (κ2) is 10.4. The summed E-state index contributed by atoms with van der Waals surface area (Å²) >= 11 is 3.97. The predicted molar refractivity (Wildman–Crippen MR) is 133 cm³/mol. The lowest BCUT2D eigenvalue weighted by molar-refractivity contribution is -0.150. The number of carboxylic acids is 1. The Kier molecular flexibility index (Phi) is 7.52. The fraction of sp³-hybridized carbons (Fsp3) is 0.429. The summed E-state index contributed by atoms with van der Waals surface area (Å²) in [6, 6.07) is 2.90. The number of carboxylic acid groups (broad SMARTS) is 1. The van der Waals surface area contributed by atoms with Crippen LogP contribution in [0.1, 0.15) is 18.7 Å². The first-order valence-electron chi connectivity index (χ1n) is 10.8. The van der Waals surface area contributed by atoms with Crippen molar-refractivity contribution in [3.8, 4) is 0 Å². The molecule has 0 unspecified atom stereocenters. The number of amides is 2. The summed E-state index contributed by atoms with van der Waals surface area (Å²) in [6.45, 7) is 3.89. The van der Waals surface area contributed by atoms with Gasteiger partial charge in [0.15, 0.2) is 5.16 Å². The van der Waals surface area contributed by atoms with E-state index in [9.17, 15) is 29.1 Å². The van der Waals surface area contributed by atoms with E-state index in [1.165, 1.54) is 32.6 Å². The van der Waals surface area contributed by atoms with Crippen molar-refractivity contribution >= 4 is 52.6 Å². The molecule has 2 amide bonds. The quantitative estimate of drug-likeness (QED) is 0.267. The van der Waals surface area contributed by atoms with Crippen LogP contribution in [0.4, 0.5) is 0 Å². The van der Waals surface area contributed by atoms with E-state index in [0.717, 1.165) is 21.3 Å². The summed E-state index contributed by atoms with van der Waals surface area (Å²) in [6.07, 6.45) is 0.161. The van der Waals surface area contributed by atoms with E-state index in [1.54, 1.807) is 13.8 Å². The minimum absolute atomic E-state index is 0.107. The number of thioether (sulfide) groups is 2. The van der Waals surface area contributed by atoms with Crippen LogP contribution in [0.2, 0.25) is 0 Å². The van der Waals surface area contributed by atoms with Gasteiger partial charge in [-0.2, -0.15) is 0 Å². The Labute approximate surface area is 212 Å². The third kappa shape index (κ3) is 4.82. The number of aromatic nitrogens is 3. The van der Waals surface area contributed by atoms with Gasteiger partial charge >= 0.3 is 17.1 Å². The highest BCUT2D eigenvalue weighted by Gasteiger charge is 2.54. The van der Waals surface area contributed by atoms with E-state index < -0.39 is 34.4 Å². The minimum atomic E-state index is -1.23. The van der Waals surface area contributed by atoms with Crippen molar-refractivity contribution in [1.29, 1.82) is 0 Å². The normalized spacial score (nSPS) is 19.4. The molecule has 0 aliphatic carbocycles. The van der Waals surface area contributed by atoms with Crippen LogP contribution in [0.15, 0.2) is 43.5 Å². The third-order valence-corrected chi connectivity index (χ3v) is 8.84. The van der Waals surface area contributed by atoms with E-state index in [-0.39, 0.29) is 36.9 Å². The number of carbonyl (C=O) groups is 3. The molecule has 0 saturated carbocycles. The lowest BCUT2D eigenvalue weighted by Gasteiger charge is -2.49. The maximum atomic E-state index is 12.8. The monoisotopic (exact) mass is 537 g/mol. The van der Waals surface area contributed by atoms with Gasteiger partial charge in [0.1, 0.15) is 17.1 Å². The number of rotatable bonds is 9. The van der Waals surface area contributed by atoms with Gasteiger partial charge in [0.2, 0.25) is 5.91 Å². The number of fused-ring (bicyclic) bond motifs is 1. The second-order valence-electron chi connectivity index (χ2n) is 7.71. The molecule has 0 aromatic carbocycles. The maximum absolute atomic E-state index is 12.8. The van der Waals surface area contributed by atoms with Crippen molar-refractivity contribution < 1.29 is 19.5 Å². The van der Waals surface area contributed by atoms with Gasteiger partial charge in [-0.3, -0.25) is 28.6 Å². The predicted octanol–water partition coefficient (Wildman–Crippen LogP) is 0.580. The number of nitrogens with one attached hydrogen (secondary N) is 1. The molecular formula is C21H23N5O6S3. The number of hydrogen-bond donors (Lipinski definition) is 2. The standard InChI is InChI=1S/C21H23N5O6S3/c1-3-24-17(29)18(30)25(4-2)23-21(24)35-10-11-9-34-19-14(16(28)26(19)15(11)20(31)32)22-13(27)8-12-6-5-7-33-12/h5-7,14,19H,3-4,8-10H2,1-2H3,(H,22,27)(H,31,32)/t14-,19-/m1/s1. The molecule has 2 N–H and O–H groups in total. The molecule has 0 bridgehead atoms. The number of aryl methyl sites for hydroxylation is 1. The maximum Gasteiger partial charge on any atom is 0.352 e. The van der Waals surface area contributed by atoms with Gasteiger partial charge in [-0.15, -0.1) is 28.2 Å². The molecule has 2 aliphatic heterocycles. The Bertz CT molecular complexity index is 1320. The van der Waals surface area contributed by atoms with Gasteiger partial charge in [-0.1, -0.05) is 17.8 Å². The molecule has 35 heavy (non-hydrogen) atoms. The van der Waals surface area contributed by atoms with Gasteiger partial charge in [0, 0.05) is 29.5 Å².